The first-order valence-electron chi connectivity index (χ1n) is 9.99. The Hall–Kier alpha value is -2.32. The van der Waals surface area contributed by atoms with Crippen molar-refractivity contribution in [3.8, 4) is 11.1 Å². The summed E-state index contributed by atoms with van der Waals surface area (Å²) < 4.78 is 6.82. The van der Waals surface area contributed by atoms with Crippen molar-refractivity contribution in [3.63, 3.8) is 0 Å². The third-order valence-corrected chi connectivity index (χ3v) is 5.68. The van der Waals surface area contributed by atoms with Crippen LogP contribution in [0.3, 0.4) is 0 Å². The summed E-state index contributed by atoms with van der Waals surface area (Å²) in [5.41, 5.74) is 2.45. The summed E-state index contributed by atoms with van der Waals surface area (Å²) >= 11 is 0. The van der Waals surface area contributed by atoms with Crippen molar-refractivity contribution in [2.24, 2.45) is 7.05 Å². The molecule has 3 heterocycles. The molecule has 1 fully saturated rings. The number of ether oxygens (including phenoxy) is 1. The first-order valence-corrected chi connectivity index (χ1v) is 9.99. The lowest BCUT2D eigenvalue weighted by molar-refractivity contribution is -0.131. The number of rotatable bonds is 4. The van der Waals surface area contributed by atoms with Gasteiger partial charge in [0.05, 0.1) is 81.0 Å². The molecule has 1 aliphatic rings. The average Bonchev–Trinajstić information content (AvgIpc) is 3.16. The number of hydrogen-bond acceptors (Lipinski definition) is 6. The molecule has 1 aliphatic heterocycles. The zero-order valence-corrected chi connectivity index (χ0v) is 18.3. The van der Waals surface area contributed by atoms with E-state index in [1.54, 1.807) is 16.9 Å². The van der Waals surface area contributed by atoms with Crippen molar-refractivity contribution in [1.82, 2.24) is 24.9 Å². The Morgan fingerprint density at radius 2 is 1.62 bits per heavy atom. The van der Waals surface area contributed by atoms with Gasteiger partial charge in [-0.3, -0.25) is 9.48 Å². The van der Waals surface area contributed by atoms with E-state index in [4.69, 9.17) is 67.5 Å². The number of aryl methyl sites for hydroxylation is 1. The van der Waals surface area contributed by atoms with Gasteiger partial charge in [0, 0.05) is 24.2 Å². The van der Waals surface area contributed by atoms with E-state index >= 15 is 0 Å². The molecule has 1 N–H and O–H groups in total. The zero-order valence-electron chi connectivity index (χ0n) is 18.3. The van der Waals surface area contributed by atoms with Crippen LogP contribution in [0.1, 0.15) is 0 Å². The van der Waals surface area contributed by atoms with E-state index in [0.717, 1.165) is 21.4 Å². The van der Waals surface area contributed by atoms with E-state index in [0.29, 0.717) is 5.52 Å². The third-order valence-electron chi connectivity index (χ3n) is 5.68. The molecule has 150 valence electrons. The fraction of sp³-hybridized carbons (Fsp3) is 0.333. The van der Waals surface area contributed by atoms with Crippen molar-refractivity contribution < 1.29 is 9.53 Å². The first-order chi connectivity index (χ1) is 15.6. The number of anilines is 1. The fourth-order valence-corrected chi connectivity index (χ4v) is 3.61. The Morgan fingerprint density at radius 1 is 0.971 bits per heavy atom. The van der Waals surface area contributed by atoms with Crippen molar-refractivity contribution in [2.75, 3.05) is 11.9 Å². The highest BCUT2D eigenvalue weighted by atomic mass is 16.5. The molecule has 0 aliphatic carbocycles. The number of nitrogens with zero attached hydrogens (tertiary/aromatic N) is 5. The second-order valence-corrected chi connectivity index (χ2v) is 8.38. The molecule has 34 heavy (non-hydrogen) atoms. The minimum absolute atomic E-state index is 0.145. The Kier molecular flexibility index (Phi) is 5.92. The van der Waals surface area contributed by atoms with E-state index in [1.807, 2.05) is 31.4 Å². The largest absolute Gasteiger partial charge is 0.406 e. The Morgan fingerprint density at radius 3 is 2.21 bits per heavy atom. The Balaban J connectivity index is 1.58. The van der Waals surface area contributed by atoms with Crippen LogP contribution in [-0.2, 0) is 16.6 Å². The third kappa shape index (κ3) is 4.15. The summed E-state index contributed by atoms with van der Waals surface area (Å²) in [7, 11) is 49.3. The highest BCUT2D eigenvalue weighted by Crippen LogP contribution is 2.39. The lowest BCUT2D eigenvalue weighted by Crippen LogP contribution is -2.86. The number of nitrogens with one attached hydrogen (secondary N) is 1. The second kappa shape index (κ2) is 8.12. The number of fused-ring (bicyclic) bond motifs is 1. The highest BCUT2D eigenvalue weighted by Gasteiger charge is 2.57. The van der Waals surface area contributed by atoms with Crippen molar-refractivity contribution in [3.05, 3.63) is 36.7 Å². The molecule has 0 unspecified atom stereocenters. The van der Waals surface area contributed by atoms with Gasteiger partial charge in [-0.15, -0.1) is 10.2 Å². The molecule has 0 spiro atoms. The number of morpholine rings is 1. The second-order valence-electron chi connectivity index (χ2n) is 8.38. The van der Waals surface area contributed by atoms with Gasteiger partial charge in [0.15, 0.2) is 5.82 Å². The van der Waals surface area contributed by atoms with E-state index in [-0.39, 0.29) is 5.82 Å². The summed E-state index contributed by atoms with van der Waals surface area (Å²) in [4.78, 5) is 13.7. The number of carbonyl (C=O) groups is 1. The number of benzene rings is 1. The van der Waals surface area contributed by atoms with Crippen LogP contribution < -0.4 is 5.32 Å². The van der Waals surface area contributed by atoms with Crippen LogP contribution in [0.5, 0.6) is 0 Å². The maximum Gasteiger partial charge on any atom is 0.239 e. The van der Waals surface area contributed by atoms with Gasteiger partial charge >= 0.3 is 0 Å². The van der Waals surface area contributed by atoms with Crippen LogP contribution in [0.2, 0.25) is 0 Å². The van der Waals surface area contributed by atoms with Gasteiger partial charge < -0.3 is 15.0 Å². The van der Waals surface area contributed by atoms with Crippen LogP contribution >= 0.6 is 0 Å². The molecule has 16 radical (unpaired) electrons. The summed E-state index contributed by atoms with van der Waals surface area (Å²) in [6, 6.07) is 7.24. The van der Waals surface area contributed by atoms with Crippen molar-refractivity contribution in [2.45, 2.75) is 21.5 Å². The van der Waals surface area contributed by atoms with Crippen LogP contribution in [-0.4, -0.2) is 122 Å². The van der Waals surface area contributed by atoms with Crippen molar-refractivity contribution in [1.29, 1.82) is 0 Å². The highest BCUT2D eigenvalue weighted by molar-refractivity contribution is 6.59. The molecular weight excluding hydrogens is 419 g/mol. The monoisotopic (exact) mass is 432 g/mol. The lowest BCUT2D eigenvalue weighted by Gasteiger charge is -2.69. The van der Waals surface area contributed by atoms with Crippen LogP contribution in [0.25, 0.3) is 22.0 Å². The smallest absolute Gasteiger partial charge is 0.239 e. The lowest BCUT2D eigenvalue weighted by atomic mass is 9.30. The quantitative estimate of drug-likeness (QED) is 0.452. The van der Waals surface area contributed by atoms with Gasteiger partial charge in [0.2, 0.25) is 5.91 Å². The summed E-state index contributed by atoms with van der Waals surface area (Å²) in [5.74, 6) is -0.530. The van der Waals surface area contributed by atoms with Gasteiger partial charge in [-0.25, -0.2) is 0 Å². The molecule has 3 aromatic rings. The number of carbonyl (C=O) groups excluding carboxylic acids is 1. The summed E-state index contributed by atoms with van der Waals surface area (Å²) in [6.45, 7) is -0.606. The van der Waals surface area contributed by atoms with E-state index in [1.165, 1.54) is 0 Å². The SMILES string of the molecule is [B]C1([B])OC([B])([B])C([B])([B])N(CC(=O)Nc2cc3cc(-c4cnn(C)c4)ccc3nn2)C1([B])[B]. The predicted octanol–water partition coefficient (Wildman–Crippen LogP) is -2.74. The van der Waals surface area contributed by atoms with Gasteiger partial charge in [-0.2, -0.15) is 5.10 Å². The minimum Gasteiger partial charge on any atom is -0.406 e. The average molecular weight is 431 g/mol. The standard InChI is InChI=1S/C18H12B8N6O2/c1-31-7-11(6-27-31)9-2-3-12-10(4-9)5-13(30-29-12)28-14(33)8-32-15(19,20)17(23,24)34-18(25,26)16(32,21)22/h2-7H,8H2,1H3,(H,28,30,33). The summed E-state index contributed by atoms with van der Waals surface area (Å²) in [6.07, 6.45) is 3.62. The molecule has 1 amide bonds. The molecule has 16 heteroatoms. The van der Waals surface area contributed by atoms with Gasteiger partial charge in [-0.05, 0) is 45.2 Å². The normalized spacial score (nSPS) is 20.6. The van der Waals surface area contributed by atoms with Crippen LogP contribution in [0.15, 0.2) is 36.7 Å². The molecule has 8 nitrogen and oxygen atoms in total. The molecular formula is C18H12B8N6O2. The van der Waals surface area contributed by atoms with Gasteiger partial charge in [0.1, 0.15) is 0 Å². The Bertz CT molecular complexity index is 1240. The molecule has 1 aromatic carbocycles. The molecule has 1 saturated heterocycles. The zero-order chi connectivity index (χ0) is 25.1. The number of hydrogen-bond donors (Lipinski definition) is 1. The Labute approximate surface area is 208 Å². The maximum atomic E-state index is 12.8. The number of aromatic nitrogens is 4. The topological polar surface area (TPSA) is 85.2 Å². The molecule has 0 atom stereocenters. The van der Waals surface area contributed by atoms with E-state index < -0.39 is 33.9 Å². The minimum atomic E-state index is -2.30. The fourth-order valence-electron chi connectivity index (χ4n) is 3.61. The molecule has 0 bridgehead atoms. The van der Waals surface area contributed by atoms with Gasteiger partial charge in [0.25, 0.3) is 0 Å². The first kappa shape index (κ1) is 24.8. The predicted molar refractivity (Wildman–Crippen MR) is 135 cm³/mol. The van der Waals surface area contributed by atoms with Crippen LogP contribution in [0.4, 0.5) is 5.82 Å². The van der Waals surface area contributed by atoms with Crippen LogP contribution in [0, 0.1) is 0 Å². The van der Waals surface area contributed by atoms with E-state index in [2.05, 4.69) is 20.6 Å². The maximum absolute atomic E-state index is 12.8. The van der Waals surface area contributed by atoms with Crippen molar-refractivity contribution >= 4 is 85.4 Å². The summed E-state index contributed by atoms with van der Waals surface area (Å²) in [5, 5.41) is 6.54. The molecule has 4 rings (SSSR count). The van der Waals surface area contributed by atoms with E-state index in [9.17, 15) is 4.79 Å². The molecule has 0 saturated carbocycles. The van der Waals surface area contributed by atoms with Gasteiger partial charge in [-0.1, -0.05) is 6.07 Å². The number of amides is 1. The molecule has 2 aromatic heterocycles.